The van der Waals surface area contributed by atoms with Crippen LogP contribution in [0.25, 0.3) is 0 Å². The van der Waals surface area contributed by atoms with E-state index < -0.39 is 10.0 Å². The van der Waals surface area contributed by atoms with Crippen LogP contribution in [0.4, 0.5) is 5.69 Å². The molecule has 0 amide bonds. The third kappa shape index (κ3) is 5.46. The maximum Gasteiger partial charge on any atom is 0.238 e. The van der Waals surface area contributed by atoms with E-state index in [-0.39, 0.29) is 4.90 Å². The van der Waals surface area contributed by atoms with E-state index in [9.17, 15) is 8.42 Å². The van der Waals surface area contributed by atoms with Crippen molar-refractivity contribution < 1.29 is 17.9 Å². The van der Waals surface area contributed by atoms with Gasteiger partial charge in [0.1, 0.15) is 12.4 Å². The summed E-state index contributed by atoms with van der Waals surface area (Å²) in [7, 11) is -3.75. The Bertz CT molecular complexity index is 502. The van der Waals surface area contributed by atoms with E-state index in [1.165, 1.54) is 18.2 Å². The molecule has 0 bridgehead atoms. The summed E-state index contributed by atoms with van der Waals surface area (Å²) in [5.74, 6) is 0.297. The van der Waals surface area contributed by atoms with Crippen molar-refractivity contribution in [3.8, 4) is 5.75 Å². The van der Waals surface area contributed by atoms with Crippen molar-refractivity contribution in [1.29, 1.82) is 0 Å². The molecule has 0 radical (unpaired) electrons. The third-order valence-corrected chi connectivity index (χ3v) is 3.35. The molecule has 0 saturated heterocycles. The Morgan fingerprint density at radius 3 is 2.58 bits per heavy atom. The molecule has 0 saturated carbocycles. The van der Waals surface area contributed by atoms with E-state index in [1.54, 1.807) is 0 Å². The van der Waals surface area contributed by atoms with Crippen LogP contribution in [0.3, 0.4) is 0 Å². The van der Waals surface area contributed by atoms with Gasteiger partial charge in [-0.25, -0.2) is 13.6 Å². The highest BCUT2D eigenvalue weighted by Crippen LogP contribution is 2.24. The Balaban J connectivity index is 2.53. The first-order chi connectivity index (χ1) is 8.95. The lowest BCUT2D eigenvalue weighted by Gasteiger charge is -2.10. The zero-order chi connectivity index (χ0) is 14.3. The molecule has 0 aliphatic carbocycles. The predicted molar refractivity (Wildman–Crippen MR) is 73.4 cm³/mol. The van der Waals surface area contributed by atoms with Gasteiger partial charge in [-0.1, -0.05) is 13.3 Å². The maximum atomic E-state index is 11.2. The highest BCUT2D eigenvalue weighted by molar-refractivity contribution is 7.89. The zero-order valence-electron chi connectivity index (χ0n) is 11.0. The van der Waals surface area contributed by atoms with Gasteiger partial charge in [0.25, 0.3) is 0 Å². The fourth-order valence-corrected chi connectivity index (χ4v) is 1.90. The number of hydrogen-bond donors (Lipinski definition) is 2. The van der Waals surface area contributed by atoms with Crippen LogP contribution in [0.1, 0.15) is 19.8 Å². The van der Waals surface area contributed by atoms with E-state index in [0.717, 1.165) is 12.8 Å². The van der Waals surface area contributed by atoms with Gasteiger partial charge in [0.15, 0.2) is 0 Å². The van der Waals surface area contributed by atoms with Crippen molar-refractivity contribution in [2.45, 2.75) is 24.7 Å². The first-order valence-corrected chi connectivity index (χ1v) is 7.62. The van der Waals surface area contributed by atoms with Gasteiger partial charge in [0, 0.05) is 12.7 Å². The number of nitrogen functional groups attached to an aromatic ring is 1. The number of rotatable bonds is 8. The Morgan fingerprint density at radius 2 is 1.95 bits per heavy atom. The van der Waals surface area contributed by atoms with Crippen LogP contribution in [-0.4, -0.2) is 28.2 Å². The topological polar surface area (TPSA) is 105 Å². The standard InChI is InChI=1S/C12H20N2O4S/c1-2-3-6-17-7-8-18-12-9-10(19(14,15)16)4-5-11(12)13/h4-5,9H,2-3,6-8,13H2,1H3,(H2,14,15,16). The first-order valence-electron chi connectivity index (χ1n) is 6.08. The van der Waals surface area contributed by atoms with Gasteiger partial charge >= 0.3 is 0 Å². The third-order valence-electron chi connectivity index (χ3n) is 2.44. The molecule has 0 fully saturated rings. The molecular weight excluding hydrogens is 268 g/mol. The number of nitrogens with two attached hydrogens (primary N) is 2. The SMILES string of the molecule is CCCCOCCOc1cc(S(N)(=O)=O)ccc1N. The highest BCUT2D eigenvalue weighted by atomic mass is 32.2. The summed E-state index contributed by atoms with van der Waals surface area (Å²) in [6, 6.07) is 4.11. The lowest BCUT2D eigenvalue weighted by atomic mass is 10.3. The molecule has 0 unspecified atom stereocenters. The van der Waals surface area contributed by atoms with Crippen LogP contribution in [0, 0.1) is 0 Å². The minimum atomic E-state index is -3.75. The summed E-state index contributed by atoms with van der Waals surface area (Å²) >= 11 is 0. The van der Waals surface area contributed by atoms with Crippen LogP contribution >= 0.6 is 0 Å². The van der Waals surface area contributed by atoms with E-state index in [4.69, 9.17) is 20.3 Å². The summed E-state index contributed by atoms with van der Waals surface area (Å²) < 4.78 is 33.1. The fourth-order valence-electron chi connectivity index (χ4n) is 1.38. The zero-order valence-corrected chi connectivity index (χ0v) is 11.8. The Hall–Kier alpha value is -1.31. The molecule has 7 heteroatoms. The number of benzene rings is 1. The molecule has 108 valence electrons. The van der Waals surface area contributed by atoms with Crippen molar-refractivity contribution in [3.63, 3.8) is 0 Å². The average Bonchev–Trinajstić information content (AvgIpc) is 2.34. The molecule has 0 aliphatic heterocycles. The number of sulfonamides is 1. The van der Waals surface area contributed by atoms with Crippen molar-refractivity contribution in [3.05, 3.63) is 18.2 Å². The van der Waals surface area contributed by atoms with E-state index in [0.29, 0.717) is 31.3 Å². The van der Waals surface area contributed by atoms with Crippen LogP contribution in [0.15, 0.2) is 23.1 Å². The Morgan fingerprint density at radius 1 is 1.21 bits per heavy atom. The van der Waals surface area contributed by atoms with Crippen LogP contribution in [-0.2, 0) is 14.8 Å². The second-order valence-corrected chi connectivity index (χ2v) is 5.62. The average molecular weight is 288 g/mol. The summed E-state index contributed by atoms with van der Waals surface area (Å²) in [4.78, 5) is -0.0244. The highest BCUT2D eigenvalue weighted by Gasteiger charge is 2.11. The quantitative estimate of drug-likeness (QED) is 0.551. The van der Waals surface area contributed by atoms with Gasteiger partial charge in [-0.2, -0.15) is 0 Å². The Kier molecular flexibility index (Phi) is 6.07. The number of anilines is 1. The lowest BCUT2D eigenvalue weighted by Crippen LogP contribution is -2.13. The van der Waals surface area contributed by atoms with Crippen molar-refractivity contribution in [2.75, 3.05) is 25.6 Å². The molecule has 19 heavy (non-hydrogen) atoms. The number of primary sulfonamides is 1. The normalized spacial score (nSPS) is 11.5. The van der Waals surface area contributed by atoms with Crippen molar-refractivity contribution in [1.82, 2.24) is 0 Å². The van der Waals surface area contributed by atoms with Gasteiger partial charge in [-0.15, -0.1) is 0 Å². The molecule has 0 heterocycles. The van der Waals surface area contributed by atoms with E-state index in [2.05, 4.69) is 6.92 Å². The fraction of sp³-hybridized carbons (Fsp3) is 0.500. The Labute approximate surface area is 113 Å². The van der Waals surface area contributed by atoms with E-state index in [1.807, 2.05) is 0 Å². The smallest absolute Gasteiger partial charge is 0.238 e. The van der Waals surface area contributed by atoms with Crippen LogP contribution in [0.5, 0.6) is 5.75 Å². The largest absolute Gasteiger partial charge is 0.489 e. The second kappa shape index (κ2) is 7.32. The second-order valence-electron chi connectivity index (χ2n) is 4.06. The van der Waals surface area contributed by atoms with Crippen LogP contribution in [0.2, 0.25) is 0 Å². The molecule has 6 nitrogen and oxygen atoms in total. The van der Waals surface area contributed by atoms with Gasteiger partial charge in [-0.05, 0) is 18.6 Å². The predicted octanol–water partition coefficient (Wildman–Crippen LogP) is 1.11. The summed E-state index contributed by atoms with van der Waals surface area (Å²) in [5, 5.41) is 5.04. The van der Waals surface area contributed by atoms with Crippen molar-refractivity contribution >= 4 is 15.7 Å². The number of ether oxygens (including phenoxy) is 2. The number of hydrogen-bond acceptors (Lipinski definition) is 5. The molecule has 0 spiro atoms. The summed E-state index contributed by atoms with van der Waals surface area (Å²) in [5.41, 5.74) is 6.06. The molecule has 0 atom stereocenters. The molecule has 0 aliphatic rings. The van der Waals surface area contributed by atoms with Gasteiger partial charge < -0.3 is 15.2 Å². The lowest BCUT2D eigenvalue weighted by molar-refractivity contribution is 0.0982. The monoisotopic (exact) mass is 288 g/mol. The summed E-state index contributed by atoms with van der Waals surface area (Å²) in [6.07, 6.45) is 2.08. The molecule has 4 N–H and O–H groups in total. The minimum absolute atomic E-state index is 0.0244. The van der Waals surface area contributed by atoms with Crippen molar-refractivity contribution in [2.24, 2.45) is 5.14 Å². The molecule has 1 aromatic carbocycles. The van der Waals surface area contributed by atoms with Gasteiger partial charge in [0.05, 0.1) is 17.2 Å². The van der Waals surface area contributed by atoms with E-state index >= 15 is 0 Å². The molecule has 1 rings (SSSR count). The van der Waals surface area contributed by atoms with Crippen LogP contribution < -0.4 is 15.6 Å². The van der Waals surface area contributed by atoms with Gasteiger partial charge in [-0.3, -0.25) is 0 Å². The van der Waals surface area contributed by atoms with Gasteiger partial charge in [0.2, 0.25) is 10.0 Å². The first kappa shape index (κ1) is 15.7. The summed E-state index contributed by atoms with van der Waals surface area (Å²) in [6.45, 7) is 3.51. The maximum absolute atomic E-state index is 11.2. The number of unbranched alkanes of at least 4 members (excludes halogenated alkanes) is 1. The molecule has 1 aromatic rings. The molecule has 0 aromatic heterocycles. The minimum Gasteiger partial charge on any atom is -0.489 e. The molecular formula is C12H20N2O4S.